The molecule has 25 heavy (non-hydrogen) atoms. The molecule has 1 aliphatic rings. The fourth-order valence-electron chi connectivity index (χ4n) is 2.54. The predicted octanol–water partition coefficient (Wildman–Crippen LogP) is 4.02. The van der Waals surface area contributed by atoms with Gasteiger partial charge in [-0.1, -0.05) is 30.3 Å². The number of aryl methyl sites for hydroxylation is 1. The molecule has 0 amide bonds. The number of carbonyl (C=O) groups excluding carboxylic acids is 2. The minimum Gasteiger partial charge on any atom is -0.419 e. The molecule has 0 aromatic heterocycles. The van der Waals surface area contributed by atoms with E-state index < -0.39 is 17.7 Å². The number of hydrogen-bond donors (Lipinski definition) is 0. The molecule has 1 saturated heterocycles. The van der Waals surface area contributed by atoms with Gasteiger partial charge >= 0.3 is 11.9 Å². The molecule has 0 aliphatic carbocycles. The summed E-state index contributed by atoms with van der Waals surface area (Å²) in [5.74, 6) is -2.92. The van der Waals surface area contributed by atoms with Crippen LogP contribution < -0.4 is 0 Å². The number of ether oxygens (including phenoxy) is 2. The first-order valence-corrected chi connectivity index (χ1v) is 7.80. The zero-order valence-electron chi connectivity index (χ0n) is 14.1. The maximum Gasteiger partial charge on any atom is 0.348 e. The number of cyclic esters (lactones) is 2. The largest absolute Gasteiger partial charge is 0.419 e. The average Bonchev–Trinajstić information content (AvgIpc) is 2.53. The van der Waals surface area contributed by atoms with Crippen molar-refractivity contribution < 1.29 is 23.5 Å². The lowest BCUT2D eigenvalue weighted by Gasteiger charge is -2.29. The van der Waals surface area contributed by atoms with Crippen LogP contribution in [0.25, 0.3) is 17.2 Å². The normalized spacial score (nSPS) is 16.2. The quantitative estimate of drug-likeness (QED) is 0.471. The Morgan fingerprint density at radius 1 is 0.920 bits per heavy atom. The summed E-state index contributed by atoms with van der Waals surface area (Å²) in [7, 11) is 0. The fraction of sp³-hybridized carbons (Fsp3) is 0.200. The molecule has 0 spiro atoms. The molecule has 0 radical (unpaired) electrons. The van der Waals surface area contributed by atoms with Crippen LogP contribution in [0.15, 0.2) is 48.0 Å². The maximum atomic E-state index is 13.4. The lowest BCUT2D eigenvalue weighted by molar-refractivity contribution is -0.222. The van der Waals surface area contributed by atoms with E-state index in [1.54, 1.807) is 31.2 Å². The van der Waals surface area contributed by atoms with Crippen LogP contribution in [-0.2, 0) is 19.1 Å². The Balaban J connectivity index is 1.86. The Morgan fingerprint density at radius 2 is 1.48 bits per heavy atom. The summed E-state index contributed by atoms with van der Waals surface area (Å²) < 4.78 is 23.5. The average molecular weight is 340 g/mol. The van der Waals surface area contributed by atoms with Crippen molar-refractivity contribution in [3.63, 3.8) is 0 Å². The molecule has 1 aliphatic heterocycles. The highest BCUT2D eigenvalue weighted by Gasteiger charge is 2.38. The van der Waals surface area contributed by atoms with Crippen LogP contribution in [0.3, 0.4) is 0 Å². The van der Waals surface area contributed by atoms with Gasteiger partial charge in [-0.2, -0.15) is 0 Å². The van der Waals surface area contributed by atoms with E-state index in [2.05, 4.69) is 0 Å². The Hall–Kier alpha value is -2.95. The number of esters is 2. The smallest absolute Gasteiger partial charge is 0.348 e. The zero-order chi connectivity index (χ0) is 18.2. The zero-order valence-corrected chi connectivity index (χ0v) is 14.1. The summed E-state index contributed by atoms with van der Waals surface area (Å²) >= 11 is 0. The van der Waals surface area contributed by atoms with Gasteiger partial charge in [0.1, 0.15) is 11.4 Å². The van der Waals surface area contributed by atoms with E-state index in [1.807, 2.05) is 12.1 Å². The van der Waals surface area contributed by atoms with Crippen molar-refractivity contribution in [3.05, 3.63) is 65.0 Å². The van der Waals surface area contributed by atoms with Gasteiger partial charge in [-0.05, 0) is 47.4 Å². The summed E-state index contributed by atoms with van der Waals surface area (Å²) in [6.45, 7) is 4.71. The maximum absolute atomic E-state index is 13.4. The summed E-state index contributed by atoms with van der Waals surface area (Å²) in [6, 6.07) is 12.1. The van der Waals surface area contributed by atoms with E-state index in [0.717, 1.165) is 11.1 Å². The third kappa shape index (κ3) is 3.60. The highest BCUT2D eigenvalue weighted by atomic mass is 19.1. The molecule has 0 N–H and O–H groups in total. The van der Waals surface area contributed by atoms with E-state index >= 15 is 0 Å². The fourth-order valence-corrected chi connectivity index (χ4v) is 2.54. The monoisotopic (exact) mass is 340 g/mol. The predicted molar refractivity (Wildman–Crippen MR) is 90.8 cm³/mol. The molecule has 0 bridgehead atoms. The summed E-state index contributed by atoms with van der Waals surface area (Å²) in [4.78, 5) is 23.9. The third-order valence-corrected chi connectivity index (χ3v) is 3.83. The standard InChI is InChI=1S/C20H17FO4/c1-12-10-15(8-9-17(12)21)14-6-4-13(5-7-14)11-16-18(22)24-20(2,3)25-19(16)23/h4-11H,1-3H3. The van der Waals surface area contributed by atoms with Crippen molar-refractivity contribution in [1.82, 2.24) is 0 Å². The minimum atomic E-state index is -1.25. The van der Waals surface area contributed by atoms with Crippen LogP contribution in [0.1, 0.15) is 25.0 Å². The van der Waals surface area contributed by atoms with Crippen LogP contribution in [0.5, 0.6) is 0 Å². The Kier molecular flexibility index (Phi) is 4.17. The van der Waals surface area contributed by atoms with E-state index in [-0.39, 0.29) is 11.4 Å². The second-order valence-electron chi connectivity index (χ2n) is 6.32. The highest BCUT2D eigenvalue weighted by Crippen LogP contribution is 2.26. The number of halogens is 1. The number of carbonyl (C=O) groups is 2. The molecule has 0 saturated carbocycles. The molecule has 2 aromatic carbocycles. The van der Waals surface area contributed by atoms with Gasteiger partial charge in [-0.25, -0.2) is 14.0 Å². The SMILES string of the molecule is Cc1cc(-c2ccc(C=C3C(=O)OC(C)(C)OC3=O)cc2)ccc1F. The molecule has 1 fully saturated rings. The molecule has 0 atom stereocenters. The molecular formula is C20H17FO4. The Morgan fingerprint density at radius 3 is 2.04 bits per heavy atom. The van der Waals surface area contributed by atoms with Crippen molar-refractivity contribution in [1.29, 1.82) is 0 Å². The van der Waals surface area contributed by atoms with Crippen molar-refractivity contribution in [2.45, 2.75) is 26.6 Å². The van der Waals surface area contributed by atoms with Gasteiger partial charge < -0.3 is 9.47 Å². The number of hydrogen-bond acceptors (Lipinski definition) is 4. The van der Waals surface area contributed by atoms with Gasteiger partial charge in [0, 0.05) is 13.8 Å². The van der Waals surface area contributed by atoms with Crippen LogP contribution in [-0.4, -0.2) is 17.7 Å². The second kappa shape index (κ2) is 6.16. The van der Waals surface area contributed by atoms with Gasteiger partial charge in [0.2, 0.25) is 0 Å². The topological polar surface area (TPSA) is 52.6 Å². The molecule has 0 unspecified atom stereocenters. The number of rotatable bonds is 2. The van der Waals surface area contributed by atoms with Crippen LogP contribution in [0.4, 0.5) is 4.39 Å². The van der Waals surface area contributed by atoms with Crippen molar-refractivity contribution in [3.8, 4) is 11.1 Å². The van der Waals surface area contributed by atoms with E-state index in [1.165, 1.54) is 26.0 Å². The Labute approximate surface area is 144 Å². The van der Waals surface area contributed by atoms with Gasteiger partial charge in [-0.3, -0.25) is 0 Å². The van der Waals surface area contributed by atoms with Crippen molar-refractivity contribution >= 4 is 18.0 Å². The van der Waals surface area contributed by atoms with Crippen LogP contribution in [0, 0.1) is 12.7 Å². The first-order chi connectivity index (χ1) is 11.7. The van der Waals surface area contributed by atoms with Crippen molar-refractivity contribution in [2.24, 2.45) is 0 Å². The first kappa shape index (κ1) is 16.9. The van der Waals surface area contributed by atoms with Gasteiger partial charge in [0.15, 0.2) is 0 Å². The summed E-state index contributed by atoms with van der Waals surface area (Å²) in [6.07, 6.45) is 1.43. The lowest BCUT2D eigenvalue weighted by atomic mass is 10.0. The highest BCUT2D eigenvalue weighted by molar-refractivity contribution is 6.18. The van der Waals surface area contributed by atoms with E-state index in [9.17, 15) is 14.0 Å². The minimum absolute atomic E-state index is 0.148. The molecule has 2 aromatic rings. The van der Waals surface area contributed by atoms with Gasteiger partial charge in [-0.15, -0.1) is 0 Å². The molecule has 3 rings (SSSR count). The van der Waals surface area contributed by atoms with Crippen molar-refractivity contribution in [2.75, 3.05) is 0 Å². The van der Waals surface area contributed by atoms with Crippen LogP contribution >= 0.6 is 0 Å². The van der Waals surface area contributed by atoms with E-state index in [0.29, 0.717) is 11.1 Å². The molecule has 128 valence electrons. The lowest BCUT2D eigenvalue weighted by Crippen LogP contribution is -2.41. The third-order valence-electron chi connectivity index (χ3n) is 3.83. The Bertz CT molecular complexity index is 857. The first-order valence-electron chi connectivity index (χ1n) is 7.80. The second-order valence-corrected chi connectivity index (χ2v) is 6.32. The van der Waals surface area contributed by atoms with Gasteiger partial charge in [0.25, 0.3) is 5.79 Å². The van der Waals surface area contributed by atoms with Gasteiger partial charge in [0.05, 0.1) is 0 Å². The molecular weight excluding hydrogens is 323 g/mol. The number of benzene rings is 2. The summed E-state index contributed by atoms with van der Waals surface area (Å²) in [5.41, 5.74) is 2.87. The van der Waals surface area contributed by atoms with Crippen LogP contribution in [0.2, 0.25) is 0 Å². The van der Waals surface area contributed by atoms with E-state index in [4.69, 9.17) is 9.47 Å². The molecule has 4 nitrogen and oxygen atoms in total. The molecule has 5 heteroatoms. The summed E-state index contributed by atoms with van der Waals surface area (Å²) in [5, 5.41) is 0. The molecule has 1 heterocycles.